The van der Waals surface area contributed by atoms with Crippen molar-refractivity contribution in [2.24, 2.45) is 0 Å². The number of hydrogen-bond acceptors (Lipinski definition) is 5. The van der Waals surface area contributed by atoms with Crippen LogP contribution in [0.2, 0.25) is 0 Å². The number of ether oxygens (including phenoxy) is 1. The van der Waals surface area contributed by atoms with Gasteiger partial charge in [0.2, 0.25) is 15.9 Å². The molecule has 3 rings (SSSR count). The molecule has 12 heteroatoms. The van der Waals surface area contributed by atoms with Crippen molar-refractivity contribution in [1.29, 1.82) is 0 Å². The van der Waals surface area contributed by atoms with Crippen LogP contribution in [-0.2, 0) is 22.7 Å². The molecule has 2 aromatic carbocycles. The summed E-state index contributed by atoms with van der Waals surface area (Å²) in [5.41, 5.74) is -1.57. The smallest absolute Gasteiger partial charge is 0.416 e. The Morgan fingerprint density at radius 3 is 2.31 bits per heavy atom. The molecule has 0 atom stereocenters. The summed E-state index contributed by atoms with van der Waals surface area (Å²) < 4.78 is 70.2. The molecular formula is C17H14F3N3O5S. The lowest BCUT2D eigenvalue weighted by Crippen LogP contribution is -2.23. The van der Waals surface area contributed by atoms with E-state index in [-0.39, 0.29) is 28.6 Å². The van der Waals surface area contributed by atoms with Crippen LogP contribution in [0.3, 0.4) is 0 Å². The Balaban J connectivity index is 1.74. The molecule has 1 aromatic heterocycles. The van der Waals surface area contributed by atoms with Crippen molar-refractivity contribution in [2.45, 2.75) is 17.6 Å². The number of H-pyrrole nitrogens is 2. The molecule has 0 saturated heterocycles. The normalized spacial score (nSPS) is 12.1. The third-order valence-corrected chi connectivity index (χ3v) is 5.15. The number of aromatic amines is 2. The number of aromatic hydroxyl groups is 1. The van der Waals surface area contributed by atoms with E-state index in [1.165, 1.54) is 24.3 Å². The maximum atomic E-state index is 12.6. The second-order valence-corrected chi connectivity index (χ2v) is 7.60. The van der Waals surface area contributed by atoms with Gasteiger partial charge >= 0.3 is 11.9 Å². The topological polar surface area (TPSA) is 124 Å². The molecule has 0 amide bonds. The third-order valence-electron chi connectivity index (χ3n) is 3.75. The summed E-state index contributed by atoms with van der Waals surface area (Å²) in [5.74, 6) is -0.307. The zero-order valence-electron chi connectivity index (χ0n) is 14.4. The Labute approximate surface area is 162 Å². The van der Waals surface area contributed by atoms with Crippen molar-refractivity contribution in [3.8, 4) is 17.4 Å². The highest BCUT2D eigenvalue weighted by molar-refractivity contribution is 7.89. The van der Waals surface area contributed by atoms with Crippen LogP contribution in [0, 0.1) is 0 Å². The standard InChI is InChI=1S/C17H14F3N3O5S/c18-17(19,20)10-4-6-11(7-5-10)28-12-2-1-3-13(8-12)29(26,27)21-9-14-15(24)23-16(25)22-14/h1-8,21,24H,9H2,(H2,22,23,25). The number of halogens is 3. The molecule has 0 unspecified atom stereocenters. The molecule has 0 aliphatic heterocycles. The molecule has 0 spiro atoms. The monoisotopic (exact) mass is 429 g/mol. The second-order valence-electron chi connectivity index (χ2n) is 5.83. The van der Waals surface area contributed by atoms with Crippen molar-refractivity contribution in [3.63, 3.8) is 0 Å². The minimum absolute atomic E-state index is 0.0456. The first-order valence-corrected chi connectivity index (χ1v) is 9.48. The Morgan fingerprint density at radius 2 is 1.72 bits per heavy atom. The fourth-order valence-electron chi connectivity index (χ4n) is 2.34. The van der Waals surface area contributed by atoms with Gasteiger partial charge in [-0.2, -0.15) is 13.2 Å². The van der Waals surface area contributed by atoms with Crippen LogP contribution in [0.1, 0.15) is 11.3 Å². The van der Waals surface area contributed by atoms with Crippen molar-refractivity contribution in [1.82, 2.24) is 14.7 Å². The highest BCUT2D eigenvalue weighted by atomic mass is 32.2. The van der Waals surface area contributed by atoms with E-state index < -0.39 is 33.3 Å². The van der Waals surface area contributed by atoms with Gasteiger partial charge in [0, 0.05) is 6.07 Å². The zero-order chi connectivity index (χ0) is 21.2. The third kappa shape index (κ3) is 4.97. The lowest BCUT2D eigenvalue weighted by atomic mass is 10.2. The van der Waals surface area contributed by atoms with Crippen LogP contribution in [0.5, 0.6) is 17.4 Å². The first-order chi connectivity index (χ1) is 13.5. The van der Waals surface area contributed by atoms with Gasteiger partial charge in [0.15, 0.2) is 0 Å². The fraction of sp³-hybridized carbons (Fsp3) is 0.118. The number of benzene rings is 2. The average molecular weight is 429 g/mol. The largest absolute Gasteiger partial charge is 0.493 e. The maximum Gasteiger partial charge on any atom is 0.416 e. The molecular weight excluding hydrogens is 415 g/mol. The fourth-order valence-corrected chi connectivity index (χ4v) is 3.37. The quantitative estimate of drug-likeness (QED) is 0.480. The SMILES string of the molecule is O=c1[nH]c(O)c(CNS(=O)(=O)c2cccc(Oc3ccc(C(F)(F)F)cc3)c2)[nH]1. The predicted molar refractivity (Wildman–Crippen MR) is 95.1 cm³/mol. The van der Waals surface area contributed by atoms with Crippen LogP contribution < -0.4 is 15.1 Å². The van der Waals surface area contributed by atoms with Crippen LogP contribution in [-0.4, -0.2) is 23.5 Å². The van der Waals surface area contributed by atoms with E-state index in [9.17, 15) is 31.5 Å². The summed E-state index contributed by atoms with van der Waals surface area (Å²) >= 11 is 0. The second kappa shape index (κ2) is 7.64. The summed E-state index contributed by atoms with van der Waals surface area (Å²) in [4.78, 5) is 15.2. The van der Waals surface area contributed by atoms with Gasteiger partial charge in [0.1, 0.15) is 11.5 Å². The van der Waals surface area contributed by atoms with Crippen LogP contribution in [0.4, 0.5) is 13.2 Å². The number of nitrogens with one attached hydrogen (secondary N) is 3. The van der Waals surface area contributed by atoms with Gasteiger partial charge < -0.3 is 14.8 Å². The van der Waals surface area contributed by atoms with E-state index in [2.05, 4.69) is 14.7 Å². The highest BCUT2D eigenvalue weighted by Crippen LogP contribution is 2.31. The minimum Gasteiger partial charge on any atom is -0.493 e. The molecule has 0 aliphatic rings. The molecule has 29 heavy (non-hydrogen) atoms. The lowest BCUT2D eigenvalue weighted by molar-refractivity contribution is -0.137. The predicted octanol–water partition coefficient (Wildman–Crippen LogP) is 2.70. The number of sulfonamides is 1. The number of hydrogen-bond donors (Lipinski definition) is 4. The molecule has 1 heterocycles. The van der Waals surface area contributed by atoms with Gasteiger partial charge in [-0.3, -0.25) is 4.98 Å². The first-order valence-electron chi connectivity index (χ1n) is 7.99. The van der Waals surface area contributed by atoms with E-state index in [1.54, 1.807) is 0 Å². The summed E-state index contributed by atoms with van der Waals surface area (Å²) in [7, 11) is -4.03. The van der Waals surface area contributed by atoms with Crippen LogP contribution >= 0.6 is 0 Å². The summed E-state index contributed by atoms with van der Waals surface area (Å²) in [6, 6.07) is 9.22. The number of rotatable bonds is 6. The van der Waals surface area contributed by atoms with Crippen LogP contribution in [0.15, 0.2) is 58.2 Å². The average Bonchev–Trinajstić information content (AvgIpc) is 2.97. The molecule has 4 N–H and O–H groups in total. The van der Waals surface area contributed by atoms with Gasteiger partial charge in [-0.25, -0.2) is 17.9 Å². The Bertz CT molecular complexity index is 1170. The van der Waals surface area contributed by atoms with E-state index in [4.69, 9.17) is 4.74 Å². The van der Waals surface area contributed by atoms with Crippen LogP contribution in [0.25, 0.3) is 0 Å². The van der Waals surface area contributed by atoms with Gasteiger partial charge in [0.25, 0.3) is 0 Å². The number of alkyl halides is 3. The Kier molecular flexibility index (Phi) is 5.40. The minimum atomic E-state index is -4.48. The van der Waals surface area contributed by atoms with Crippen molar-refractivity contribution >= 4 is 10.0 Å². The molecule has 3 aromatic rings. The molecule has 154 valence electrons. The lowest BCUT2D eigenvalue weighted by Gasteiger charge is -2.10. The maximum absolute atomic E-state index is 12.6. The van der Waals surface area contributed by atoms with Crippen molar-refractivity contribution < 1.29 is 31.4 Å². The molecule has 0 bridgehead atoms. The van der Waals surface area contributed by atoms with E-state index in [0.717, 1.165) is 24.3 Å². The summed E-state index contributed by atoms with van der Waals surface area (Å²) in [6.07, 6.45) is -4.48. The summed E-state index contributed by atoms with van der Waals surface area (Å²) in [6.45, 7) is -0.378. The Morgan fingerprint density at radius 1 is 1.03 bits per heavy atom. The zero-order valence-corrected chi connectivity index (χ0v) is 15.3. The highest BCUT2D eigenvalue weighted by Gasteiger charge is 2.30. The number of imidazole rings is 1. The van der Waals surface area contributed by atoms with Gasteiger partial charge in [-0.05, 0) is 36.4 Å². The molecule has 0 saturated carbocycles. The number of aromatic nitrogens is 2. The van der Waals surface area contributed by atoms with Gasteiger partial charge in [0.05, 0.1) is 22.7 Å². The molecule has 8 nitrogen and oxygen atoms in total. The van der Waals surface area contributed by atoms with E-state index in [1.807, 2.05) is 0 Å². The Hall–Kier alpha value is -3.25. The summed E-state index contributed by atoms with van der Waals surface area (Å²) in [5, 5.41) is 9.46. The molecule has 0 fully saturated rings. The van der Waals surface area contributed by atoms with Gasteiger partial charge in [-0.15, -0.1) is 0 Å². The molecule has 0 radical (unpaired) electrons. The van der Waals surface area contributed by atoms with E-state index in [0.29, 0.717) is 0 Å². The first kappa shape index (κ1) is 20.5. The van der Waals surface area contributed by atoms with Gasteiger partial charge in [-0.1, -0.05) is 6.07 Å². The van der Waals surface area contributed by atoms with E-state index >= 15 is 0 Å². The van der Waals surface area contributed by atoms with Crippen molar-refractivity contribution in [2.75, 3.05) is 0 Å². The van der Waals surface area contributed by atoms with Crippen molar-refractivity contribution in [3.05, 3.63) is 70.3 Å². The molecule has 0 aliphatic carbocycles.